The number of fused-ring (bicyclic) bond motifs is 1. The minimum Gasteiger partial charge on any atom is -0.481 e. The van der Waals surface area contributed by atoms with Gasteiger partial charge in [-0.3, -0.25) is 9.59 Å². The molecule has 1 amide bonds. The summed E-state index contributed by atoms with van der Waals surface area (Å²) in [6.45, 7) is 0. The predicted octanol–water partition coefficient (Wildman–Crippen LogP) is 4.42. The van der Waals surface area contributed by atoms with Gasteiger partial charge in [0, 0.05) is 31.0 Å². The largest absolute Gasteiger partial charge is 0.481 e. The maximum atomic E-state index is 12.6. The van der Waals surface area contributed by atoms with Crippen LogP contribution in [0.1, 0.15) is 28.4 Å². The lowest BCUT2D eigenvalue weighted by Crippen LogP contribution is -2.14. The molecule has 1 aromatic heterocycles. The molecule has 7 nitrogen and oxygen atoms in total. The van der Waals surface area contributed by atoms with Crippen molar-refractivity contribution < 1.29 is 14.7 Å². The molecule has 0 aliphatic carbocycles. The molecule has 0 aliphatic rings. The van der Waals surface area contributed by atoms with E-state index in [-0.39, 0.29) is 18.4 Å². The third-order valence-corrected chi connectivity index (χ3v) is 5.37. The maximum Gasteiger partial charge on any atom is 0.305 e. The number of imidazole rings is 1. The summed E-state index contributed by atoms with van der Waals surface area (Å²) in [5, 5.41) is 12.3. The summed E-state index contributed by atoms with van der Waals surface area (Å²) in [6, 6.07) is 21.9. The van der Waals surface area contributed by atoms with Crippen LogP contribution in [0.5, 0.6) is 0 Å². The van der Waals surface area contributed by atoms with Crippen molar-refractivity contribution in [3.63, 3.8) is 0 Å². The number of hydrogen-bond acceptors (Lipinski definition) is 4. The van der Waals surface area contributed by atoms with Crippen LogP contribution in [-0.2, 0) is 4.79 Å². The quantitative estimate of drug-likeness (QED) is 0.455. The number of rotatable bonds is 7. The van der Waals surface area contributed by atoms with Gasteiger partial charge in [-0.15, -0.1) is 0 Å². The lowest BCUT2D eigenvalue weighted by molar-refractivity contribution is -0.137. The Morgan fingerprint density at radius 2 is 1.75 bits per heavy atom. The normalized spacial score (nSPS) is 11.8. The van der Waals surface area contributed by atoms with Crippen molar-refractivity contribution in [3.05, 3.63) is 90.3 Å². The van der Waals surface area contributed by atoms with Gasteiger partial charge in [-0.25, -0.2) is 4.98 Å². The van der Waals surface area contributed by atoms with Gasteiger partial charge >= 0.3 is 5.97 Å². The average molecular weight is 428 g/mol. The number of nitrogens with zero attached hydrogens (tertiary/aromatic N) is 3. The molecule has 1 unspecified atom stereocenters. The number of carbonyl (C=O) groups is 2. The highest BCUT2D eigenvalue weighted by molar-refractivity contribution is 6.05. The smallest absolute Gasteiger partial charge is 0.305 e. The number of carboxylic acid groups (broad SMARTS) is 1. The number of aromatic nitrogens is 2. The highest BCUT2D eigenvalue weighted by atomic mass is 16.4. The van der Waals surface area contributed by atoms with E-state index in [2.05, 4.69) is 10.3 Å². The molecular formula is C25H24N4O3. The molecule has 3 aromatic carbocycles. The van der Waals surface area contributed by atoms with E-state index in [4.69, 9.17) is 0 Å². The van der Waals surface area contributed by atoms with E-state index < -0.39 is 5.97 Å². The van der Waals surface area contributed by atoms with Crippen molar-refractivity contribution in [1.82, 2.24) is 9.55 Å². The van der Waals surface area contributed by atoms with Crippen LogP contribution < -0.4 is 10.2 Å². The number of carboxylic acids is 1. The zero-order valence-corrected chi connectivity index (χ0v) is 17.9. The highest BCUT2D eigenvalue weighted by Gasteiger charge is 2.20. The number of amides is 1. The van der Waals surface area contributed by atoms with E-state index >= 15 is 0 Å². The molecule has 1 atom stereocenters. The van der Waals surface area contributed by atoms with Gasteiger partial charge in [-0.1, -0.05) is 30.3 Å². The Morgan fingerprint density at radius 1 is 1.03 bits per heavy atom. The van der Waals surface area contributed by atoms with E-state index in [9.17, 15) is 14.7 Å². The van der Waals surface area contributed by atoms with Gasteiger partial charge in [0.2, 0.25) is 0 Å². The first-order chi connectivity index (χ1) is 15.4. The lowest BCUT2D eigenvalue weighted by Gasteiger charge is -2.18. The van der Waals surface area contributed by atoms with Crippen LogP contribution in [0, 0.1) is 0 Å². The molecule has 0 saturated carbocycles. The monoisotopic (exact) mass is 428 g/mol. The fourth-order valence-corrected chi connectivity index (χ4v) is 3.69. The topological polar surface area (TPSA) is 87.5 Å². The zero-order valence-electron chi connectivity index (χ0n) is 17.9. The molecule has 0 aliphatic heterocycles. The highest BCUT2D eigenvalue weighted by Crippen LogP contribution is 2.28. The van der Waals surface area contributed by atoms with Gasteiger partial charge in [-0.2, -0.15) is 0 Å². The van der Waals surface area contributed by atoms with Gasteiger partial charge in [0.25, 0.3) is 5.91 Å². The van der Waals surface area contributed by atoms with Gasteiger partial charge in [0.05, 0.1) is 29.8 Å². The molecule has 1 heterocycles. The fraction of sp³-hybridized carbons (Fsp3) is 0.160. The minimum absolute atomic E-state index is 0.0586. The molecule has 0 spiro atoms. The second kappa shape index (κ2) is 8.93. The van der Waals surface area contributed by atoms with Crippen molar-refractivity contribution in [3.8, 4) is 0 Å². The van der Waals surface area contributed by atoms with Gasteiger partial charge in [0.15, 0.2) is 0 Å². The number of anilines is 2. The average Bonchev–Trinajstić information content (AvgIpc) is 3.21. The number of nitrogens with one attached hydrogen (secondary N) is 1. The third kappa shape index (κ3) is 4.46. The van der Waals surface area contributed by atoms with Crippen molar-refractivity contribution >= 4 is 34.3 Å². The molecule has 7 heteroatoms. The number of hydrogen-bond donors (Lipinski definition) is 2. The Balaban J connectivity index is 1.59. The molecule has 0 radical (unpaired) electrons. The van der Waals surface area contributed by atoms with Crippen molar-refractivity contribution in [2.75, 3.05) is 24.3 Å². The Kier molecular flexibility index (Phi) is 5.89. The fourth-order valence-electron chi connectivity index (χ4n) is 3.69. The summed E-state index contributed by atoms with van der Waals surface area (Å²) in [7, 11) is 3.89. The summed E-state index contributed by atoms with van der Waals surface area (Å²) >= 11 is 0. The summed E-state index contributed by atoms with van der Waals surface area (Å²) < 4.78 is 1.87. The second-order valence-electron chi connectivity index (χ2n) is 7.78. The molecule has 0 saturated heterocycles. The minimum atomic E-state index is -0.884. The predicted molar refractivity (Wildman–Crippen MR) is 125 cm³/mol. The molecule has 0 bridgehead atoms. The van der Waals surface area contributed by atoms with E-state index in [0.717, 1.165) is 16.8 Å². The summed E-state index contributed by atoms with van der Waals surface area (Å²) in [4.78, 5) is 30.6. The van der Waals surface area contributed by atoms with Gasteiger partial charge < -0.3 is 19.9 Å². The van der Waals surface area contributed by atoms with Crippen LogP contribution >= 0.6 is 0 Å². The van der Waals surface area contributed by atoms with Crippen LogP contribution in [0.15, 0.2) is 79.1 Å². The first-order valence-corrected chi connectivity index (χ1v) is 10.2. The number of benzene rings is 3. The number of carbonyl (C=O) groups excluding carboxylic acids is 1. The lowest BCUT2D eigenvalue weighted by atomic mass is 10.0. The molecule has 2 N–H and O–H groups in total. The third-order valence-electron chi connectivity index (χ3n) is 5.37. The van der Waals surface area contributed by atoms with Crippen LogP contribution in [-0.4, -0.2) is 40.6 Å². The summed E-state index contributed by atoms with van der Waals surface area (Å²) in [5.74, 6) is -1.09. The standard InChI is InChI=1S/C25H24N4O3/c1-28(2)20-11-8-18(9-12-20)25(32)27-19-10-13-22-21(14-19)26-16-29(22)23(15-24(30)31)17-6-4-3-5-7-17/h3-14,16,23H,15H2,1-2H3,(H,27,32)(H,30,31). The maximum absolute atomic E-state index is 12.6. The molecule has 162 valence electrons. The van der Waals surface area contributed by atoms with Crippen LogP contribution in [0.2, 0.25) is 0 Å². The Morgan fingerprint density at radius 3 is 2.41 bits per heavy atom. The summed E-state index contributed by atoms with van der Waals surface area (Å²) in [5.41, 5.74) is 4.58. The van der Waals surface area contributed by atoms with Gasteiger partial charge in [-0.05, 0) is 48.0 Å². The Labute approximate surface area is 185 Å². The van der Waals surface area contributed by atoms with E-state index in [1.807, 2.05) is 72.1 Å². The SMILES string of the molecule is CN(C)c1ccc(C(=O)Nc2ccc3c(c2)ncn3C(CC(=O)O)c2ccccc2)cc1. The Bertz CT molecular complexity index is 1250. The first kappa shape index (κ1) is 21.1. The molecular weight excluding hydrogens is 404 g/mol. The van der Waals surface area contributed by atoms with E-state index in [0.29, 0.717) is 16.8 Å². The van der Waals surface area contributed by atoms with Crippen LogP contribution in [0.4, 0.5) is 11.4 Å². The molecule has 4 rings (SSSR count). The first-order valence-electron chi connectivity index (χ1n) is 10.2. The second-order valence-corrected chi connectivity index (χ2v) is 7.78. The van der Waals surface area contributed by atoms with E-state index in [1.165, 1.54) is 0 Å². The molecule has 0 fully saturated rings. The molecule has 4 aromatic rings. The Hall–Kier alpha value is -4.13. The van der Waals surface area contributed by atoms with E-state index in [1.54, 1.807) is 30.6 Å². The van der Waals surface area contributed by atoms with Crippen molar-refractivity contribution in [2.24, 2.45) is 0 Å². The van der Waals surface area contributed by atoms with Crippen LogP contribution in [0.25, 0.3) is 11.0 Å². The zero-order chi connectivity index (χ0) is 22.7. The summed E-state index contributed by atoms with van der Waals surface area (Å²) in [6.07, 6.45) is 1.59. The van der Waals surface area contributed by atoms with Gasteiger partial charge in [0.1, 0.15) is 0 Å². The van der Waals surface area contributed by atoms with Crippen molar-refractivity contribution in [2.45, 2.75) is 12.5 Å². The van der Waals surface area contributed by atoms with Crippen molar-refractivity contribution in [1.29, 1.82) is 0 Å². The van der Waals surface area contributed by atoms with Crippen LogP contribution in [0.3, 0.4) is 0 Å². The number of aliphatic carboxylic acids is 1. The molecule has 32 heavy (non-hydrogen) atoms.